The predicted molar refractivity (Wildman–Crippen MR) is 97.5 cm³/mol. The number of hydrogen-bond donors (Lipinski definition) is 0. The summed E-state index contributed by atoms with van der Waals surface area (Å²) in [6.07, 6.45) is 0.362. The Labute approximate surface area is 155 Å². The summed E-state index contributed by atoms with van der Waals surface area (Å²) in [6, 6.07) is 8.82. The van der Waals surface area contributed by atoms with E-state index in [0.717, 1.165) is 0 Å². The van der Waals surface area contributed by atoms with Crippen LogP contribution in [0.5, 0.6) is 0 Å². The van der Waals surface area contributed by atoms with Gasteiger partial charge in [-0.3, -0.25) is 14.4 Å². The van der Waals surface area contributed by atoms with Crippen LogP contribution in [0.3, 0.4) is 0 Å². The maximum Gasteiger partial charge on any atom is 0.324 e. The predicted octanol–water partition coefficient (Wildman–Crippen LogP) is 3.66. The Balaban J connectivity index is 2.65. The summed E-state index contributed by atoms with van der Waals surface area (Å²) < 4.78 is 10.5. The maximum absolute atomic E-state index is 13.5. The van der Waals surface area contributed by atoms with Gasteiger partial charge in [-0.05, 0) is 26.2 Å². The van der Waals surface area contributed by atoms with Gasteiger partial charge in [0.25, 0.3) is 0 Å². The third-order valence-corrected chi connectivity index (χ3v) is 5.48. The average Bonchev–Trinajstić information content (AvgIpc) is 3.28. The fourth-order valence-corrected chi connectivity index (χ4v) is 4.65. The Hall–Kier alpha value is -2.17. The summed E-state index contributed by atoms with van der Waals surface area (Å²) in [5.74, 6) is -2.01. The highest BCUT2D eigenvalue weighted by molar-refractivity contribution is 6.17. The molecule has 0 spiro atoms. The zero-order valence-electron chi connectivity index (χ0n) is 16.2. The molecule has 2 rings (SSSR count). The van der Waals surface area contributed by atoms with Crippen molar-refractivity contribution in [1.29, 1.82) is 0 Å². The van der Waals surface area contributed by atoms with Crippen molar-refractivity contribution in [2.45, 2.75) is 41.0 Å². The molecule has 1 aromatic carbocycles. The van der Waals surface area contributed by atoms with Crippen molar-refractivity contribution in [1.82, 2.24) is 0 Å². The van der Waals surface area contributed by atoms with Gasteiger partial charge in [-0.1, -0.05) is 51.1 Å². The third-order valence-electron chi connectivity index (χ3n) is 5.48. The van der Waals surface area contributed by atoms with Gasteiger partial charge in [0.05, 0.1) is 18.6 Å². The van der Waals surface area contributed by atoms with Crippen LogP contribution in [0.4, 0.5) is 0 Å². The molecule has 2 unspecified atom stereocenters. The summed E-state index contributed by atoms with van der Waals surface area (Å²) in [5, 5.41) is 0. The number of carbonyl (C=O) groups excluding carboxylic acids is 3. The van der Waals surface area contributed by atoms with E-state index in [1.807, 2.05) is 26.8 Å². The van der Waals surface area contributed by atoms with Gasteiger partial charge in [-0.15, -0.1) is 0 Å². The molecule has 26 heavy (non-hydrogen) atoms. The van der Waals surface area contributed by atoms with Crippen LogP contribution in [0.25, 0.3) is 0 Å². The standard InChI is InChI=1S/C21H28O5/c1-6-20(17(22)15-12-10-9-11-13-15)16(14(4)5)21(20,18(23)25-7-2)19(24)26-8-3/h9-14,16H,6-8H2,1-5H3. The first-order valence-electron chi connectivity index (χ1n) is 9.30. The van der Waals surface area contributed by atoms with Gasteiger partial charge in [0, 0.05) is 11.5 Å². The quantitative estimate of drug-likeness (QED) is 0.402. The number of rotatable bonds is 8. The Morgan fingerprint density at radius 1 is 0.962 bits per heavy atom. The summed E-state index contributed by atoms with van der Waals surface area (Å²) in [5.41, 5.74) is -2.22. The van der Waals surface area contributed by atoms with Gasteiger partial charge in [-0.2, -0.15) is 0 Å². The van der Waals surface area contributed by atoms with Crippen molar-refractivity contribution < 1.29 is 23.9 Å². The lowest BCUT2D eigenvalue weighted by molar-refractivity contribution is -0.167. The van der Waals surface area contributed by atoms with Crippen molar-refractivity contribution >= 4 is 17.7 Å². The summed E-state index contributed by atoms with van der Waals surface area (Å²) in [4.78, 5) is 39.5. The van der Waals surface area contributed by atoms with E-state index in [9.17, 15) is 14.4 Å². The van der Waals surface area contributed by atoms with Crippen LogP contribution in [-0.4, -0.2) is 30.9 Å². The zero-order valence-corrected chi connectivity index (χ0v) is 16.2. The fraction of sp³-hybridized carbons (Fsp3) is 0.571. The van der Waals surface area contributed by atoms with E-state index in [0.29, 0.717) is 12.0 Å². The number of esters is 2. The molecule has 0 bridgehead atoms. The first-order valence-corrected chi connectivity index (χ1v) is 9.30. The second-order valence-electron chi connectivity index (χ2n) is 6.99. The molecular weight excluding hydrogens is 332 g/mol. The normalized spacial score (nSPS) is 23.4. The molecule has 0 N–H and O–H groups in total. The maximum atomic E-state index is 13.5. The molecule has 1 saturated carbocycles. The third kappa shape index (κ3) is 2.65. The second kappa shape index (κ2) is 7.60. The molecule has 0 aliphatic heterocycles. The van der Waals surface area contributed by atoms with Gasteiger partial charge in [0.15, 0.2) is 11.2 Å². The van der Waals surface area contributed by atoms with E-state index in [-0.39, 0.29) is 24.9 Å². The lowest BCUT2D eigenvalue weighted by atomic mass is 9.82. The smallest absolute Gasteiger partial charge is 0.324 e. The van der Waals surface area contributed by atoms with Gasteiger partial charge < -0.3 is 9.47 Å². The molecule has 0 amide bonds. The second-order valence-corrected chi connectivity index (χ2v) is 6.99. The molecule has 0 aromatic heterocycles. The lowest BCUT2D eigenvalue weighted by Gasteiger charge is -2.21. The lowest BCUT2D eigenvalue weighted by Crippen LogP contribution is -2.38. The minimum Gasteiger partial charge on any atom is -0.465 e. The molecule has 5 nitrogen and oxygen atoms in total. The topological polar surface area (TPSA) is 69.7 Å². The molecule has 0 radical (unpaired) electrons. The van der Waals surface area contributed by atoms with E-state index in [4.69, 9.17) is 9.47 Å². The molecular formula is C21H28O5. The number of hydrogen-bond acceptors (Lipinski definition) is 5. The molecule has 2 atom stereocenters. The highest BCUT2D eigenvalue weighted by Gasteiger charge is 2.88. The summed E-state index contributed by atoms with van der Waals surface area (Å²) in [6.45, 7) is 9.36. The Bertz CT molecular complexity index is 661. The van der Waals surface area contributed by atoms with Crippen molar-refractivity contribution in [2.75, 3.05) is 13.2 Å². The summed E-state index contributed by atoms with van der Waals surface area (Å²) >= 11 is 0. The number of Topliss-reactive ketones (excluding diaryl/α,β-unsaturated/α-hetero) is 1. The molecule has 0 saturated heterocycles. The number of ether oxygens (including phenoxy) is 2. The van der Waals surface area contributed by atoms with E-state index < -0.39 is 28.7 Å². The monoisotopic (exact) mass is 360 g/mol. The fourth-order valence-electron chi connectivity index (χ4n) is 4.65. The molecule has 1 aliphatic rings. The minimum atomic E-state index is -1.57. The molecule has 1 fully saturated rings. The van der Waals surface area contributed by atoms with Gasteiger partial charge in [0.1, 0.15) is 0 Å². The average molecular weight is 360 g/mol. The minimum absolute atomic E-state index is 0.0589. The van der Waals surface area contributed by atoms with Gasteiger partial charge in [0.2, 0.25) is 0 Å². The Kier molecular flexibility index (Phi) is 5.89. The van der Waals surface area contributed by atoms with Crippen molar-refractivity contribution in [3.63, 3.8) is 0 Å². The van der Waals surface area contributed by atoms with Crippen LogP contribution in [-0.2, 0) is 19.1 Å². The van der Waals surface area contributed by atoms with Crippen LogP contribution in [0.1, 0.15) is 51.4 Å². The van der Waals surface area contributed by atoms with E-state index in [1.165, 1.54) is 0 Å². The van der Waals surface area contributed by atoms with E-state index in [1.54, 1.807) is 38.1 Å². The van der Waals surface area contributed by atoms with Crippen LogP contribution in [0.2, 0.25) is 0 Å². The molecule has 5 heteroatoms. The van der Waals surface area contributed by atoms with Crippen molar-refractivity contribution in [3.05, 3.63) is 35.9 Å². The van der Waals surface area contributed by atoms with Crippen molar-refractivity contribution in [2.24, 2.45) is 22.7 Å². The van der Waals surface area contributed by atoms with Crippen LogP contribution >= 0.6 is 0 Å². The SMILES string of the molecule is CCOC(=O)C1(C(=O)OCC)C(C(C)C)C1(CC)C(=O)c1ccccc1. The Morgan fingerprint density at radius 3 is 1.85 bits per heavy atom. The van der Waals surface area contributed by atoms with E-state index >= 15 is 0 Å². The first-order chi connectivity index (χ1) is 12.4. The molecule has 1 aromatic rings. The van der Waals surface area contributed by atoms with Gasteiger partial charge in [-0.25, -0.2) is 0 Å². The molecule has 142 valence electrons. The largest absolute Gasteiger partial charge is 0.465 e. The number of ketones is 1. The van der Waals surface area contributed by atoms with E-state index in [2.05, 4.69) is 0 Å². The highest BCUT2D eigenvalue weighted by atomic mass is 16.6. The molecule has 1 aliphatic carbocycles. The van der Waals surface area contributed by atoms with Gasteiger partial charge >= 0.3 is 11.9 Å². The number of carbonyl (C=O) groups is 3. The van der Waals surface area contributed by atoms with Crippen LogP contribution in [0, 0.1) is 22.7 Å². The highest BCUT2D eigenvalue weighted by Crippen LogP contribution is 2.75. The van der Waals surface area contributed by atoms with Crippen LogP contribution in [0.15, 0.2) is 30.3 Å². The van der Waals surface area contributed by atoms with Crippen LogP contribution < -0.4 is 0 Å². The van der Waals surface area contributed by atoms with Crippen molar-refractivity contribution in [3.8, 4) is 0 Å². The summed E-state index contributed by atoms with van der Waals surface area (Å²) in [7, 11) is 0. The first kappa shape index (κ1) is 20.1. The molecule has 0 heterocycles. The number of benzene rings is 1. The Morgan fingerprint density at radius 2 is 1.46 bits per heavy atom. The zero-order chi connectivity index (χ0) is 19.5.